The molecule has 1 atom stereocenters. The Morgan fingerprint density at radius 1 is 1.24 bits per heavy atom. The van der Waals surface area contributed by atoms with Crippen molar-refractivity contribution in [2.75, 3.05) is 12.4 Å². The fourth-order valence-electron chi connectivity index (χ4n) is 2.34. The van der Waals surface area contributed by atoms with Gasteiger partial charge in [-0.2, -0.15) is 11.8 Å². The number of thioether (sulfide) groups is 1. The molecule has 3 heteroatoms. The zero-order valence-corrected chi connectivity index (χ0v) is 12.6. The molecule has 102 valence electrons. The predicted octanol–water partition coefficient (Wildman–Crippen LogP) is 3.05. The van der Waals surface area contributed by atoms with E-state index in [1.54, 1.807) is 0 Å². The number of hydrogen-bond donors (Lipinski definition) is 2. The fraction of sp³-hybridized carbons (Fsp3) is 1.00. The molecule has 2 N–H and O–H groups in total. The van der Waals surface area contributed by atoms with Gasteiger partial charge in [0.1, 0.15) is 0 Å². The van der Waals surface area contributed by atoms with Crippen LogP contribution in [0.1, 0.15) is 53.4 Å². The smallest absolute Gasteiger partial charge is 0.0459 e. The van der Waals surface area contributed by atoms with Crippen molar-refractivity contribution in [3.8, 4) is 0 Å². The van der Waals surface area contributed by atoms with E-state index in [4.69, 9.17) is 5.11 Å². The van der Waals surface area contributed by atoms with E-state index in [0.717, 1.165) is 0 Å². The lowest BCUT2D eigenvalue weighted by molar-refractivity contribution is 0.173. The summed E-state index contributed by atoms with van der Waals surface area (Å²) >= 11 is 2.03. The Hall–Kier alpha value is 0.270. The molecule has 0 aliphatic heterocycles. The van der Waals surface area contributed by atoms with Gasteiger partial charge >= 0.3 is 0 Å². The number of aliphatic hydroxyl groups is 1. The van der Waals surface area contributed by atoms with Crippen LogP contribution in [0.15, 0.2) is 0 Å². The predicted molar refractivity (Wildman–Crippen MR) is 77.6 cm³/mol. The van der Waals surface area contributed by atoms with Gasteiger partial charge in [0.25, 0.3) is 0 Å². The maximum absolute atomic E-state index is 9.11. The lowest BCUT2D eigenvalue weighted by Gasteiger charge is -2.31. The first-order valence-corrected chi connectivity index (χ1v) is 7.90. The first-order chi connectivity index (χ1) is 7.90. The zero-order valence-electron chi connectivity index (χ0n) is 11.8. The van der Waals surface area contributed by atoms with E-state index < -0.39 is 0 Å². The fourth-order valence-corrected chi connectivity index (χ4v) is 3.18. The third kappa shape index (κ3) is 6.68. The SMILES string of the molecule is CC(CSC(C)(C)C)NC1CCC(CO)CC1. The highest BCUT2D eigenvalue weighted by Gasteiger charge is 2.22. The topological polar surface area (TPSA) is 32.3 Å². The van der Waals surface area contributed by atoms with Gasteiger partial charge in [-0.3, -0.25) is 0 Å². The molecule has 2 nitrogen and oxygen atoms in total. The molecular weight excluding hydrogens is 230 g/mol. The largest absolute Gasteiger partial charge is 0.396 e. The summed E-state index contributed by atoms with van der Waals surface area (Å²) in [5, 5.41) is 12.8. The Balaban J connectivity index is 2.17. The van der Waals surface area contributed by atoms with Gasteiger partial charge in [-0.05, 0) is 38.5 Å². The molecule has 0 aromatic carbocycles. The van der Waals surface area contributed by atoms with Crippen LogP contribution in [-0.2, 0) is 0 Å². The van der Waals surface area contributed by atoms with Crippen LogP contribution in [0.2, 0.25) is 0 Å². The average molecular weight is 259 g/mol. The Morgan fingerprint density at radius 2 is 1.82 bits per heavy atom. The highest BCUT2D eigenvalue weighted by atomic mass is 32.2. The summed E-state index contributed by atoms with van der Waals surface area (Å²) in [7, 11) is 0. The van der Waals surface area contributed by atoms with Crippen molar-refractivity contribution < 1.29 is 5.11 Å². The molecule has 0 aromatic rings. The molecule has 1 aliphatic rings. The highest BCUT2D eigenvalue weighted by Crippen LogP contribution is 2.26. The van der Waals surface area contributed by atoms with Crippen LogP contribution in [0.25, 0.3) is 0 Å². The average Bonchev–Trinajstić information content (AvgIpc) is 2.27. The first kappa shape index (κ1) is 15.3. The van der Waals surface area contributed by atoms with E-state index in [2.05, 4.69) is 33.0 Å². The molecule has 0 aromatic heterocycles. The quantitative estimate of drug-likeness (QED) is 0.796. The molecule has 0 heterocycles. The molecule has 1 saturated carbocycles. The van der Waals surface area contributed by atoms with Gasteiger partial charge in [-0.25, -0.2) is 0 Å². The maximum Gasteiger partial charge on any atom is 0.0459 e. The van der Waals surface area contributed by atoms with Gasteiger partial charge in [0.15, 0.2) is 0 Å². The normalized spacial score (nSPS) is 28.1. The van der Waals surface area contributed by atoms with Crippen molar-refractivity contribution in [2.45, 2.75) is 70.2 Å². The van der Waals surface area contributed by atoms with E-state index in [9.17, 15) is 0 Å². The van der Waals surface area contributed by atoms with Gasteiger partial charge in [-0.1, -0.05) is 20.8 Å². The number of hydrogen-bond acceptors (Lipinski definition) is 3. The maximum atomic E-state index is 9.11. The summed E-state index contributed by atoms with van der Waals surface area (Å²) in [5.41, 5.74) is 0. The summed E-state index contributed by atoms with van der Waals surface area (Å²) in [6.45, 7) is 9.49. The van der Waals surface area contributed by atoms with E-state index >= 15 is 0 Å². The summed E-state index contributed by atoms with van der Waals surface area (Å²) in [6.07, 6.45) is 4.84. The van der Waals surface area contributed by atoms with Crippen LogP contribution in [0.4, 0.5) is 0 Å². The molecule has 1 fully saturated rings. The number of aliphatic hydroxyl groups excluding tert-OH is 1. The second-order valence-electron chi connectivity index (χ2n) is 6.39. The van der Waals surface area contributed by atoms with E-state index in [0.29, 0.717) is 29.4 Å². The second kappa shape index (κ2) is 7.01. The van der Waals surface area contributed by atoms with E-state index in [1.165, 1.54) is 31.4 Å². The van der Waals surface area contributed by atoms with Crippen LogP contribution >= 0.6 is 11.8 Å². The third-order valence-electron chi connectivity index (χ3n) is 3.39. The van der Waals surface area contributed by atoms with Crippen molar-refractivity contribution in [3.63, 3.8) is 0 Å². The van der Waals surface area contributed by atoms with Crippen molar-refractivity contribution in [1.82, 2.24) is 5.32 Å². The van der Waals surface area contributed by atoms with Crippen molar-refractivity contribution in [3.05, 3.63) is 0 Å². The van der Waals surface area contributed by atoms with E-state index in [-0.39, 0.29) is 0 Å². The van der Waals surface area contributed by atoms with E-state index in [1.807, 2.05) is 11.8 Å². The monoisotopic (exact) mass is 259 g/mol. The molecule has 1 rings (SSSR count). The Bertz CT molecular complexity index is 207. The van der Waals surface area contributed by atoms with Gasteiger partial charge < -0.3 is 10.4 Å². The number of rotatable bonds is 5. The van der Waals surface area contributed by atoms with Crippen LogP contribution in [0.5, 0.6) is 0 Å². The standard InChI is InChI=1S/C14H29NOS/c1-11(10-17-14(2,3)4)15-13-7-5-12(9-16)6-8-13/h11-13,15-16H,5-10H2,1-4H3. The lowest BCUT2D eigenvalue weighted by atomic mass is 9.86. The molecule has 17 heavy (non-hydrogen) atoms. The zero-order chi connectivity index (χ0) is 12.9. The molecule has 1 unspecified atom stereocenters. The van der Waals surface area contributed by atoms with Crippen LogP contribution in [0.3, 0.4) is 0 Å². The van der Waals surface area contributed by atoms with Crippen molar-refractivity contribution in [1.29, 1.82) is 0 Å². The Morgan fingerprint density at radius 3 is 2.29 bits per heavy atom. The second-order valence-corrected chi connectivity index (χ2v) is 8.24. The van der Waals surface area contributed by atoms with Crippen LogP contribution < -0.4 is 5.32 Å². The molecule has 0 bridgehead atoms. The number of nitrogens with one attached hydrogen (secondary N) is 1. The van der Waals surface area contributed by atoms with Gasteiger partial charge in [0.05, 0.1) is 0 Å². The van der Waals surface area contributed by atoms with Gasteiger partial charge in [0.2, 0.25) is 0 Å². The first-order valence-electron chi connectivity index (χ1n) is 6.91. The Kier molecular flexibility index (Phi) is 6.32. The van der Waals surface area contributed by atoms with Crippen LogP contribution in [-0.4, -0.2) is 34.3 Å². The molecule has 0 saturated heterocycles. The summed E-state index contributed by atoms with van der Waals surface area (Å²) < 4.78 is 0.366. The molecule has 0 spiro atoms. The minimum absolute atomic E-state index is 0.366. The minimum atomic E-state index is 0.366. The van der Waals surface area contributed by atoms with Crippen molar-refractivity contribution >= 4 is 11.8 Å². The molecule has 0 amide bonds. The molecular formula is C14H29NOS. The summed E-state index contributed by atoms with van der Waals surface area (Å²) in [6, 6.07) is 1.27. The Labute approximate surface area is 111 Å². The summed E-state index contributed by atoms with van der Waals surface area (Å²) in [4.78, 5) is 0. The van der Waals surface area contributed by atoms with Crippen molar-refractivity contribution in [2.24, 2.45) is 5.92 Å². The molecule has 1 aliphatic carbocycles. The summed E-state index contributed by atoms with van der Waals surface area (Å²) in [5.74, 6) is 1.75. The minimum Gasteiger partial charge on any atom is -0.396 e. The van der Waals surface area contributed by atoms with Gasteiger partial charge in [0, 0.05) is 29.2 Å². The van der Waals surface area contributed by atoms with Crippen LogP contribution in [0, 0.1) is 5.92 Å². The lowest BCUT2D eigenvalue weighted by Crippen LogP contribution is -2.41. The third-order valence-corrected chi connectivity index (χ3v) is 4.92. The highest BCUT2D eigenvalue weighted by molar-refractivity contribution is 8.00. The molecule has 0 radical (unpaired) electrons. The van der Waals surface area contributed by atoms with Gasteiger partial charge in [-0.15, -0.1) is 0 Å².